The number of hydrogen-bond donors (Lipinski definition) is 2. The Kier molecular flexibility index (Phi) is 5.50. The van der Waals surface area contributed by atoms with Gasteiger partial charge in [-0.15, -0.1) is 0 Å². The number of nitrogens with one attached hydrogen (secondary N) is 2. The van der Waals surface area contributed by atoms with Crippen molar-refractivity contribution in [2.75, 3.05) is 25.7 Å². The fraction of sp³-hybridized carbons (Fsp3) is 0.353. The Labute approximate surface area is 152 Å². The van der Waals surface area contributed by atoms with Crippen molar-refractivity contribution in [2.45, 2.75) is 24.2 Å². The van der Waals surface area contributed by atoms with Crippen LogP contribution >= 0.6 is 0 Å². The molecule has 26 heavy (non-hydrogen) atoms. The van der Waals surface area contributed by atoms with E-state index in [1.165, 1.54) is 25.4 Å². The average Bonchev–Trinajstić information content (AvgIpc) is 2.60. The summed E-state index contributed by atoms with van der Waals surface area (Å²) in [6.45, 7) is 3.45. The molecule has 0 aliphatic rings. The molecule has 0 saturated heterocycles. The standard InChI is InChI=1S/C17H22N4O4S/c1-17(2,15(22)18-3)14-13(25-4)10-19-16(21-14)20-11-7-6-8-12(9-11)26(5,23)24/h6-10H,1-5H3,(H,18,22)(H,19,20,21). The molecule has 1 heterocycles. The molecule has 0 bridgehead atoms. The lowest BCUT2D eigenvalue weighted by Gasteiger charge is -2.24. The van der Waals surface area contributed by atoms with Crippen LogP contribution in [0.25, 0.3) is 0 Å². The lowest BCUT2D eigenvalue weighted by molar-refractivity contribution is -0.125. The third-order valence-electron chi connectivity index (χ3n) is 3.88. The van der Waals surface area contributed by atoms with Crippen LogP contribution in [0.2, 0.25) is 0 Å². The highest BCUT2D eigenvalue weighted by Crippen LogP contribution is 2.31. The van der Waals surface area contributed by atoms with Crippen LogP contribution in [-0.4, -0.2) is 44.7 Å². The summed E-state index contributed by atoms with van der Waals surface area (Å²) < 4.78 is 28.7. The van der Waals surface area contributed by atoms with E-state index in [4.69, 9.17) is 4.74 Å². The van der Waals surface area contributed by atoms with E-state index in [9.17, 15) is 13.2 Å². The Morgan fingerprint density at radius 3 is 2.54 bits per heavy atom. The number of aromatic nitrogens is 2. The molecule has 1 aromatic heterocycles. The third kappa shape index (κ3) is 4.10. The third-order valence-corrected chi connectivity index (χ3v) is 4.99. The minimum Gasteiger partial charge on any atom is -0.493 e. The van der Waals surface area contributed by atoms with Crippen LogP contribution in [0, 0.1) is 0 Å². The van der Waals surface area contributed by atoms with Crippen molar-refractivity contribution >= 4 is 27.4 Å². The minimum atomic E-state index is -3.33. The van der Waals surface area contributed by atoms with E-state index in [-0.39, 0.29) is 16.8 Å². The number of sulfone groups is 1. The Hall–Kier alpha value is -2.68. The first-order valence-corrected chi connectivity index (χ1v) is 9.69. The van der Waals surface area contributed by atoms with E-state index in [0.29, 0.717) is 17.1 Å². The smallest absolute Gasteiger partial charge is 0.231 e. The number of anilines is 2. The van der Waals surface area contributed by atoms with Gasteiger partial charge in [0.25, 0.3) is 0 Å². The van der Waals surface area contributed by atoms with E-state index in [0.717, 1.165) is 6.26 Å². The Morgan fingerprint density at radius 2 is 1.96 bits per heavy atom. The SMILES string of the molecule is CNC(=O)C(C)(C)c1nc(Nc2cccc(S(C)(=O)=O)c2)ncc1OC. The lowest BCUT2D eigenvalue weighted by Crippen LogP contribution is -2.39. The van der Waals surface area contributed by atoms with Gasteiger partial charge in [-0.1, -0.05) is 6.07 Å². The van der Waals surface area contributed by atoms with Crippen LogP contribution in [0.4, 0.5) is 11.6 Å². The van der Waals surface area contributed by atoms with Crippen molar-refractivity contribution in [2.24, 2.45) is 0 Å². The molecule has 1 aromatic carbocycles. The fourth-order valence-electron chi connectivity index (χ4n) is 2.38. The molecule has 2 N–H and O–H groups in total. The molecule has 8 nitrogen and oxygen atoms in total. The molecule has 140 valence electrons. The zero-order valence-electron chi connectivity index (χ0n) is 15.3. The highest BCUT2D eigenvalue weighted by molar-refractivity contribution is 7.90. The van der Waals surface area contributed by atoms with Gasteiger partial charge in [0, 0.05) is 19.0 Å². The second-order valence-electron chi connectivity index (χ2n) is 6.24. The van der Waals surface area contributed by atoms with Crippen LogP contribution in [0.3, 0.4) is 0 Å². The molecule has 9 heteroatoms. The molecule has 0 spiro atoms. The summed E-state index contributed by atoms with van der Waals surface area (Å²) in [7, 11) is -0.302. The zero-order chi connectivity index (χ0) is 19.5. The molecule has 0 unspecified atom stereocenters. The molecule has 0 aliphatic carbocycles. The van der Waals surface area contributed by atoms with Gasteiger partial charge in [-0.05, 0) is 32.0 Å². The molecular formula is C17H22N4O4S. The second-order valence-corrected chi connectivity index (χ2v) is 8.26. The average molecular weight is 378 g/mol. The van der Waals surface area contributed by atoms with Crippen LogP contribution in [0.1, 0.15) is 19.5 Å². The molecule has 0 atom stereocenters. The van der Waals surface area contributed by atoms with Gasteiger partial charge in [0.15, 0.2) is 15.6 Å². The summed E-state index contributed by atoms with van der Waals surface area (Å²) in [6, 6.07) is 6.32. The van der Waals surface area contributed by atoms with Crippen LogP contribution in [0.5, 0.6) is 5.75 Å². The van der Waals surface area contributed by atoms with Gasteiger partial charge in [-0.3, -0.25) is 4.79 Å². The van der Waals surface area contributed by atoms with Gasteiger partial charge < -0.3 is 15.4 Å². The first kappa shape index (κ1) is 19.6. The van der Waals surface area contributed by atoms with Crippen molar-refractivity contribution in [3.63, 3.8) is 0 Å². The van der Waals surface area contributed by atoms with Crippen LogP contribution in [-0.2, 0) is 20.0 Å². The quantitative estimate of drug-likeness (QED) is 0.786. The van der Waals surface area contributed by atoms with E-state index in [2.05, 4.69) is 20.6 Å². The number of ether oxygens (including phenoxy) is 1. The van der Waals surface area contributed by atoms with Gasteiger partial charge in [0.05, 0.1) is 23.6 Å². The summed E-state index contributed by atoms with van der Waals surface area (Å²) in [6.07, 6.45) is 2.61. The Bertz CT molecular complexity index is 926. The van der Waals surface area contributed by atoms with Crippen molar-refractivity contribution in [1.82, 2.24) is 15.3 Å². The van der Waals surface area contributed by atoms with Gasteiger partial charge in [0.2, 0.25) is 11.9 Å². The van der Waals surface area contributed by atoms with Gasteiger partial charge >= 0.3 is 0 Å². The van der Waals surface area contributed by atoms with Crippen molar-refractivity contribution in [3.8, 4) is 5.75 Å². The molecular weight excluding hydrogens is 356 g/mol. The molecule has 2 aromatic rings. The fourth-order valence-corrected chi connectivity index (χ4v) is 3.05. The topological polar surface area (TPSA) is 110 Å². The first-order chi connectivity index (χ1) is 12.1. The number of carbonyl (C=O) groups excluding carboxylic acids is 1. The van der Waals surface area contributed by atoms with Crippen molar-refractivity contribution in [1.29, 1.82) is 0 Å². The summed E-state index contributed by atoms with van der Waals surface area (Å²) in [5, 5.41) is 5.57. The number of hydrogen-bond acceptors (Lipinski definition) is 7. The van der Waals surface area contributed by atoms with Crippen molar-refractivity contribution < 1.29 is 17.9 Å². The maximum Gasteiger partial charge on any atom is 0.231 e. The van der Waals surface area contributed by atoms with Crippen LogP contribution < -0.4 is 15.4 Å². The Morgan fingerprint density at radius 1 is 1.27 bits per heavy atom. The molecule has 0 aliphatic heterocycles. The first-order valence-electron chi connectivity index (χ1n) is 7.80. The monoisotopic (exact) mass is 378 g/mol. The van der Waals surface area contributed by atoms with E-state index < -0.39 is 15.3 Å². The lowest BCUT2D eigenvalue weighted by atomic mass is 9.87. The zero-order valence-corrected chi connectivity index (χ0v) is 16.1. The predicted molar refractivity (Wildman–Crippen MR) is 98.5 cm³/mol. The predicted octanol–water partition coefficient (Wildman–Crippen LogP) is 1.66. The number of amides is 1. The number of benzene rings is 1. The summed E-state index contributed by atoms with van der Waals surface area (Å²) in [4.78, 5) is 21.0. The molecule has 0 saturated carbocycles. The molecule has 2 rings (SSSR count). The maximum absolute atomic E-state index is 12.2. The number of methoxy groups -OCH3 is 1. The second kappa shape index (κ2) is 7.28. The summed E-state index contributed by atoms with van der Waals surface area (Å²) in [5.41, 5.74) is -0.0217. The summed E-state index contributed by atoms with van der Waals surface area (Å²) >= 11 is 0. The van der Waals surface area contributed by atoms with Crippen LogP contribution in [0.15, 0.2) is 35.4 Å². The summed E-state index contributed by atoms with van der Waals surface area (Å²) in [5.74, 6) is 0.386. The largest absolute Gasteiger partial charge is 0.493 e. The van der Waals surface area contributed by atoms with Crippen molar-refractivity contribution in [3.05, 3.63) is 36.2 Å². The van der Waals surface area contributed by atoms with E-state index in [1.807, 2.05) is 0 Å². The molecule has 0 fully saturated rings. The number of carbonyl (C=O) groups is 1. The Balaban J connectivity index is 2.44. The number of rotatable bonds is 6. The molecule has 0 radical (unpaired) electrons. The molecule has 1 amide bonds. The van der Waals surface area contributed by atoms with Gasteiger partial charge in [-0.2, -0.15) is 0 Å². The normalized spacial score (nSPS) is 11.7. The maximum atomic E-state index is 12.2. The van der Waals surface area contributed by atoms with E-state index in [1.54, 1.807) is 33.0 Å². The number of nitrogens with zero attached hydrogens (tertiary/aromatic N) is 2. The van der Waals surface area contributed by atoms with E-state index >= 15 is 0 Å². The number of likely N-dealkylation sites (N-methyl/N-ethyl adjacent to an activating group) is 1. The minimum absolute atomic E-state index is 0.182. The van der Waals surface area contributed by atoms with Gasteiger partial charge in [0.1, 0.15) is 5.69 Å². The highest BCUT2D eigenvalue weighted by atomic mass is 32.2. The van der Waals surface area contributed by atoms with Gasteiger partial charge in [-0.25, -0.2) is 18.4 Å². The highest BCUT2D eigenvalue weighted by Gasteiger charge is 2.34.